The van der Waals surface area contributed by atoms with Gasteiger partial charge in [-0.15, -0.1) is 0 Å². The monoisotopic (exact) mass is 252 g/mol. The number of nitrogens with zero attached hydrogens (tertiary/aromatic N) is 1. The van der Waals surface area contributed by atoms with Gasteiger partial charge in [0.05, 0.1) is 5.92 Å². The molecule has 102 valence electrons. The standard InChI is InChI=1S/C12H23F3N2/c1-3-10(2)16-6-8-17-7-4-5-11(9-17)12(13,14)15/h10-11,16H,3-9H2,1-2H3. The maximum atomic E-state index is 12.6. The van der Waals surface area contributed by atoms with Gasteiger partial charge in [-0.25, -0.2) is 0 Å². The van der Waals surface area contributed by atoms with Crippen molar-refractivity contribution in [3.05, 3.63) is 0 Å². The molecular weight excluding hydrogens is 229 g/mol. The highest BCUT2D eigenvalue weighted by molar-refractivity contribution is 4.78. The van der Waals surface area contributed by atoms with Crippen LogP contribution in [0.5, 0.6) is 0 Å². The Morgan fingerprint density at radius 3 is 2.71 bits per heavy atom. The second kappa shape index (κ2) is 6.59. The molecule has 0 aromatic carbocycles. The van der Waals surface area contributed by atoms with Crippen LogP contribution >= 0.6 is 0 Å². The molecule has 0 bridgehead atoms. The molecule has 5 heteroatoms. The van der Waals surface area contributed by atoms with Crippen molar-refractivity contribution in [2.24, 2.45) is 5.92 Å². The second-order valence-corrected chi connectivity index (χ2v) is 4.94. The molecule has 0 radical (unpaired) electrons. The molecule has 0 aliphatic carbocycles. The number of piperidine rings is 1. The molecule has 2 nitrogen and oxygen atoms in total. The molecule has 0 amide bonds. The Morgan fingerprint density at radius 1 is 1.41 bits per heavy atom. The molecule has 1 aliphatic rings. The zero-order valence-electron chi connectivity index (χ0n) is 10.7. The fraction of sp³-hybridized carbons (Fsp3) is 1.00. The van der Waals surface area contributed by atoms with Crippen molar-refractivity contribution in [3.8, 4) is 0 Å². The van der Waals surface area contributed by atoms with Crippen LogP contribution in [0.4, 0.5) is 13.2 Å². The van der Waals surface area contributed by atoms with E-state index in [4.69, 9.17) is 0 Å². The van der Waals surface area contributed by atoms with Crippen molar-refractivity contribution in [2.75, 3.05) is 26.2 Å². The minimum Gasteiger partial charge on any atom is -0.313 e. The fourth-order valence-electron chi connectivity index (χ4n) is 2.14. The van der Waals surface area contributed by atoms with E-state index < -0.39 is 12.1 Å². The number of nitrogens with one attached hydrogen (secondary N) is 1. The van der Waals surface area contributed by atoms with Crippen LogP contribution in [0.2, 0.25) is 0 Å². The summed E-state index contributed by atoms with van der Waals surface area (Å²) < 4.78 is 37.7. The average molecular weight is 252 g/mol. The first-order valence-electron chi connectivity index (χ1n) is 6.46. The predicted molar refractivity (Wildman–Crippen MR) is 63.0 cm³/mol. The van der Waals surface area contributed by atoms with E-state index in [1.165, 1.54) is 0 Å². The van der Waals surface area contributed by atoms with Gasteiger partial charge < -0.3 is 10.2 Å². The molecule has 0 aromatic rings. The Kier molecular flexibility index (Phi) is 5.73. The van der Waals surface area contributed by atoms with Crippen LogP contribution < -0.4 is 5.32 Å². The lowest BCUT2D eigenvalue weighted by molar-refractivity contribution is -0.186. The van der Waals surface area contributed by atoms with E-state index >= 15 is 0 Å². The minimum absolute atomic E-state index is 0.172. The Hall–Kier alpha value is -0.290. The molecule has 0 aromatic heterocycles. The highest BCUT2D eigenvalue weighted by Gasteiger charge is 2.41. The van der Waals surface area contributed by atoms with Crippen LogP contribution in [0.1, 0.15) is 33.1 Å². The fourth-order valence-corrected chi connectivity index (χ4v) is 2.14. The Bertz CT molecular complexity index is 218. The van der Waals surface area contributed by atoms with E-state index in [1.54, 1.807) is 0 Å². The summed E-state index contributed by atoms with van der Waals surface area (Å²) in [6, 6.07) is 0.443. The molecule has 0 spiro atoms. The first-order chi connectivity index (χ1) is 7.93. The molecule has 1 fully saturated rings. The number of alkyl halides is 3. The van der Waals surface area contributed by atoms with Gasteiger partial charge in [0.15, 0.2) is 0 Å². The van der Waals surface area contributed by atoms with Crippen molar-refractivity contribution >= 4 is 0 Å². The third kappa shape index (κ3) is 5.25. The van der Waals surface area contributed by atoms with Crippen LogP contribution in [-0.2, 0) is 0 Å². The second-order valence-electron chi connectivity index (χ2n) is 4.94. The molecule has 1 aliphatic heterocycles. The van der Waals surface area contributed by atoms with Gasteiger partial charge in [-0.05, 0) is 32.7 Å². The highest BCUT2D eigenvalue weighted by atomic mass is 19.4. The van der Waals surface area contributed by atoms with Gasteiger partial charge in [-0.2, -0.15) is 13.2 Å². The van der Waals surface area contributed by atoms with Crippen molar-refractivity contribution in [2.45, 2.75) is 45.3 Å². The normalized spacial score (nSPS) is 24.9. The molecule has 1 N–H and O–H groups in total. The van der Waals surface area contributed by atoms with Crippen LogP contribution in [0.25, 0.3) is 0 Å². The van der Waals surface area contributed by atoms with E-state index in [0.29, 0.717) is 18.9 Å². The zero-order chi connectivity index (χ0) is 12.9. The van der Waals surface area contributed by atoms with Crippen LogP contribution in [0, 0.1) is 5.92 Å². The summed E-state index contributed by atoms with van der Waals surface area (Å²) in [4.78, 5) is 1.93. The average Bonchev–Trinajstić information content (AvgIpc) is 2.28. The number of halogens is 3. The van der Waals surface area contributed by atoms with E-state index in [1.807, 2.05) is 4.90 Å². The molecule has 17 heavy (non-hydrogen) atoms. The lowest BCUT2D eigenvalue weighted by atomic mass is 9.97. The topological polar surface area (TPSA) is 15.3 Å². The smallest absolute Gasteiger partial charge is 0.313 e. The van der Waals surface area contributed by atoms with Crippen molar-refractivity contribution in [3.63, 3.8) is 0 Å². The summed E-state index contributed by atoms with van der Waals surface area (Å²) >= 11 is 0. The van der Waals surface area contributed by atoms with Crippen molar-refractivity contribution < 1.29 is 13.2 Å². The maximum Gasteiger partial charge on any atom is 0.393 e. The Balaban J connectivity index is 2.25. The number of rotatable bonds is 5. The summed E-state index contributed by atoms with van der Waals surface area (Å²) in [7, 11) is 0. The van der Waals surface area contributed by atoms with Crippen molar-refractivity contribution in [1.29, 1.82) is 0 Å². The van der Waals surface area contributed by atoms with Gasteiger partial charge in [0.1, 0.15) is 0 Å². The van der Waals surface area contributed by atoms with Crippen LogP contribution in [-0.4, -0.2) is 43.3 Å². The summed E-state index contributed by atoms with van der Waals surface area (Å²) in [6.45, 7) is 6.66. The lowest BCUT2D eigenvalue weighted by Gasteiger charge is -2.33. The van der Waals surface area contributed by atoms with Gasteiger partial charge >= 0.3 is 6.18 Å². The largest absolute Gasteiger partial charge is 0.393 e. The van der Waals surface area contributed by atoms with E-state index in [2.05, 4.69) is 19.2 Å². The first kappa shape index (κ1) is 14.8. The quantitative estimate of drug-likeness (QED) is 0.809. The van der Waals surface area contributed by atoms with Crippen LogP contribution in [0.15, 0.2) is 0 Å². The predicted octanol–water partition coefficient (Wildman–Crippen LogP) is 2.65. The van der Waals surface area contributed by atoms with Crippen molar-refractivity contribution in [1.82, 2.24) is 10.2 Å². The number of hydrogen-bond donors (Lipinski definition) is 1. The molecule has 1 saturated heterocycles. The summed E-state index contributed by atoms with van der Waals surface area (Å²) in [5.74, 6) is -1.13. The third-order valence-electron chi connectivity index (χ3n) is 3.50. The number of likely N-dealkylation sites (tertiary alicyclic amines) is 1. The SMILES string of the molecule is CCC(C)NCCN1CCCC(C(F)(F)F)C1. The van der Waals surface area contributed by atoms with Gasteiger partial charge in [-0.3, -0.25) is 0 Å². The van der Waals surface area contributed by atoms with Gasteiger partial charge in [0.2, 0.25) is 0 Å². The molecular formula is C12H23F3N2. The summed E-state index contributed by atoms with van der Waals surface area (Å²) in [5.41, 5.74) is 0. The Labute approximate surface area is 102 Å². The summed E-state index contributed by atoms with van der Waals surface area (Å²) in [5, 5.41) is 3.31. The molecule has 2 atom stereocenters. The molecule has 1 rings (SSSR count). The lowest BCUT2D eigenvalue weighted by Crippen LogP contribution is -2.44. The first-order valence-corrected chi connectivity index (χ1v) is 6.46. The van der Waals surface area contributed by atoms with E-state index in [9.17, 15) is 13.2 Å². The Morgan fingerprint density at radius 2 is 2.12 bits per heavy atom. The highest BCUT2D eigenvalue weighted by Crippen LogP contribution is 2.32. The van der Waals surface area contributed by atoms with E-state index in [-0.39, 0.29) is 6.54 Å². The van der Waals surface area contributed by atoms with Gasteiger partial charge in [0.25, 0.3) is 0 Å². The summed E-state index contributed by atoms with van der Waals surface area (Å²) in [6.07, 6.45) is -2.03. The van der Waals surface area contributed by atoms with Crippen LogP contribution in [0.3, 0.4) is 0 Å². The van der Waals surface area contributed by atoms with Gasteiger partial charge in [0, 0.05) is 25.7 Å². The molecule has 0 saturated carbocycles. The maximum absolute atomic E-state index is 12.6. The number of hydrogen-bond acceptors (Lipinski definition) is 2. The molecule has 2 unspecified atom stereocenters. The minimum atomic E-state index is -4.02. The zero-order valence-corrected chi connectivity index (χ0v) is 10.7. The van der Waals surface area contributed by atoms with E-state index in [0.717, 1.165) is 26.1 Å². The molecule has 1 heterocycles. The third-order valence-corrected chi connectivity index (χ3v) is 3.50. The van der Waals surface area contributed by atoms with Gasteiger partial charge in [-0.1, -0.05) is 6.92 Å².